The van der Waals surface area contributed by atoms with Gasteiger partial charge in [0.15, 0.2) is 0 Å². The molecule has 0 N–H and O–H groups in total. The highest BCUT2D eigenvalue weighted by Crippen LogP contribution is 2.33. The summed E-state index contributed by atoms with van der Waals surface area (Å²) in [6, 6.07) is 0.0210. The number of rotatable bonds is 6. The summed E-state index contributed by atoms with van der Waals surface area (Å²) in [5.74, 6) is 0. The summed E-state index contributed by atoms with van der Waals surface area (Å²) in [5.41, 5.74) is 2.26. The number of quaternary nitrogens is 1. The first-order valence-corrected chi connectivity index (χ1v) is 7.88. The summed E-state index contributed by atoms with van der Waals surface area (Å²) in [7, 11) is 0. The Bertz CT molecular complexity index is 545. The zero-order valence-electron chi connectivity index (χ0n) is 13.2. The third kappa shape index (κ3) is 2.83. The highest BCUT2D eigenvalue weighted by molar-refractivity contribution is 5.80. The molecule has 0 aliphatic carbocycles. The van der Waals surface area contributed by atoms with Crippen LogP contribution in [-0.2, 0) is 0 Å². The number of carbonyl (C=O) groups is 1. The topological polar surface area (TPSA) is 47.2 Å². The van der Waals surface area contributed by atoms with Crippen LogP contribution < -0.4 is 0 Å². The molecule has 21 heavy (non-hydrogen) atoms. The molecule has 1 atom stereocenters. The van der Waals surface area contributed by atoms with Crippen molar-refractivity contribution in [2.75, 3.05) is 6.54 Å². The number of imidazole rings is 1. The van der Waals surface area contributed by atoms with Crippen molar-refractivity contribution >= 4 is 12.4 Å². The molecule has 1 amide bonds. The average Bonchev–Trinajstić information content (AvgIpc) is 3.11. The number of allylic oxidation sites excluding steroid dienone is 2. The predicted molar refractivity (Wildman–Crippen MR) is 83.8 cm³/mol. The first-order chi connectivity index (χ1) is 10.2. The third-order valence-electron chi connectivity index (χ3n) is 3.84. The normalized spacial score (nSPS) is 21.3. The van der Waals surface area contributed by atoms with Crippen LogP contribution in [-0.4, -0.2) is 32.9 Å². The number of hydrogen-bond donors (Lipinski definition) is 0. The SMILES string of the molecule is CCCC1=C(CCC)[N+](CCC)(C(=O)n2ccnc2)C=N1. The largest absolute Gasteiger partial charge is 0.439 e. The summed E-state index contributed by atoms with van der Waals surface area (Å²) in [5, 5.41) is 0. The van der Waals surface area contributed by atoms with Crippen LogP contribution >= 0.6 is 0 Å². The molecule has 0 aromatic carbocycles. The van der Waals surface area contributed by atoms with E-state index < -0.39 is 0 Å². The Kier molecular flexibility index (Phi) is 5.07. The van der Waals surface area contributed by atoms with E-state index >= 15 is 0 Å². The van der Waals surface area contributed by atoms with Crippen LogP contribution in [0.4, 0.5) is 4.79 Å². The molecule has 2 rings (SSSR count). The zero-order chi connectivity index (χ0) is 15.3. The lowest BCUT2D eigenvalue weighted by Crippen LogP contribution is -2.51. The van der Waals surface area contributed by atoms with E-state index in [0.717, 1.165) is 44.3 Å². The Morgan fingerprint density at radius 2 is 1.95 bits per heavy atom. The standard InChI is InChI=1S/C16H25N4O/c1-4-7-14-15(8-5-2)20(11-6-3,13-18-14)16(21)19-10-9-17-12-19/h9-10,12-13H,4-8,11H2,1-3H3/q+1. The third-order valence-corrected chi connectivity index (χ3v) is 3.84. The second-order valence-corrected chi connectivity index (χ2v) is 5.48. The average molecular weight is 289 g/mol. The van der Waals surface area contributed by atoms with Gasteiger partial charge in [-0.1, -0.05) is 27.2 Å². The number of amides is 1. The van der Waals surface area contributed by atoms with Crippen molar-refractivity contribution in [3.05, 3.63) is 30.1 Å². The molecule has 0 fully saturated rings. The number of hydrogen-bond acceptors (Lipinski definition) is 3. The van der Waals surface area contributed by atoms with E-state index in [4.69, 9.17) is 0 Å². The lowest BCUT2D eigenvalue weighted by molar-refractivity contribution is -0.709. The van der Waals surface area contributed by atoms with Gasteiger partial charge in [-0.05, 0) is 19.3 Å². The molecule has 0 saturated heterocycles. The van der Waals surface area contributed by atoms with Crippen molar-refractivity contribution in [1.29, 1.82) is 0 Å². The van der Waals surface area contributed by atoms with E-state index in [1.807, 2.05) is 6.34 Å². The molecule has 0 saturated carbocycles. The van der Waals surface area contributed by atoms with Crippen LogP contribution in [0.15, 0.2) is 35.1 Å². The van der Waals surface area contributed by atoms with E-state index in [-0.39, 0.29) is 10.5 Å². The fraction of sp³-hybridized carbons (Fsp3) is 0.562. The van der Waals surface area contributed by atoms with Crippen molar-refractivity contribution < 1.29 is 9.28 Å². The molecule has 114 valence electrons. The quantitative estimate of drug-likeness (QED) is 0.745. The van der Waals surface area contributed by atoms with Gasteiger partial charge < -0.3 is 0 Å². The maximum absolute atomic E-state index is 13.0. The maximum Gasteiger partial charge on any atom is 0.439 e. The van der Waals surface area contributed by atoms with Gasteiger partial charge in [0.25, 0.3) is 0 Å². The van der Waals surface area contributed by atoms with Crippen LogP contribution in [0.2, 0.25) is 0 Å². The van der Waals surface area contributed by atoms with Gasteiger partial charge in [-0.25, -0.2) is 19.3 Å². The number of aliphatic imine (C=N–C) groups is 1. The van der Waals surface area contributed by atoms with Crippen LogP contribution in [0.25, 0.3) is 0 Å². The molecule has 2 heterocycles. The zero-order valence-corrected chi connectivity index (χ0v) is 13.2. The predicted octanol–water partition coefficient (Wildman–Crippen LogP) is 3.93. The van der Waals surface area contributed by atoms with Gasteiger partial charge in [0.05, 0.1) is 6.54 Å². The first-order valence-electron chi connectivity index (χ1n) is 7.88. The number of aromatic nitrogens is 2. The van der Waals surface area contributed by atoms with Crippen LogP contribution in [0.3, 0.4) is 0 Å². The van der Waals surface area contributed by atoms with Gasteiger partial charge in [0.1, 0.15) is 17.7 Å². The molecule has 0 radical (unpaired) electrons. The van der Waals surface area contributed by atoms with E-state index in [0.29, 0.717) is 0 Å². The molecular formula is C16H25N4O+. The summed E-state index contributed by atoms with van der Waals surface area (Å²) >= 11 is 0. The lowest BCUT2D eigenvalue weighted by atomic mass is 10.1. The lowest BCUT2D eigenvalue weighted by Gasteiger charge is -2.29. The van der Waals surface area contributed by atoms with Crippen molar-refractivity contribution in [2.24, 2.45) is 4.99 Å². The Morgan fingerprint density at radius 3 is 2.52 bits per heavy atom. The van der Waals surface area contributed by atoms with Gasteiger partial charge in [-0.3, -0.25) is 0 Å². The molecule has 5 heteroatoms. The molecule has 0 bridgehead atoms. The number of carbonyl (C=O) groups excluding carboxylic acids is 1. The van der Waals surface area contributed by atoms with E-state index in [1.165, 1.54) is 5.70 Å². The Morgan fingerprint density at radius 1 is 1.19 bits per heavy atom. The van der Waals surface area contributed by atoms with Crippen LogP contribution in [0, 0.1) is 0 Å². The summed E-state index contributed by atoms with van der Waals surface area (Å²) in [6.45, 7) is 7.16. The van der Waals surface area contributed by atoms with Gasteiger partial charge >= 0.3 is 6.03 Å². The van der Waals surface area contributed by atoms with Gasteiger partial charge in [0, 0.05) is 18.8 Å². The van der Waals surface area contributed by atoms with Crippen molar-refractivity contribution in [2.45, 2.75) is 52.9 Å². The molecule has 1 aromatic rings. The molecule has 0 spiro atoms. The Balaban J connectivity index is 2.46. The van der Waals surface area contributed by atoms with Crippen molar-refractivity contribution in [1.82, 2.24) is 9.55 Å². The van der Waals surface area contributed by atoms with Crippen molar-refractivity contribution in [3.8, 4) is 0 Å². The maximum atomic E-state index is 13.0. The molecule has 1 unspecified atom stereocenters. The summed E-state index contributed by atoms with van der Waals surface area (Å²) in [4.78, 5) is 21.6. The highest BCUT2D eigenvalue weighted by Gasteiger charge is 2.45. The molecule has 1 aliphatic rings. The smallest absolute Gasteiger partial charge is 0.245 e. The number of nitrogens with zero attached hydrogens (tertiary/aromatic N) is 4. The Hall–Kier alpha value is -1.75. The molecular weight excluding hydrogens is 264 g/mol. The molecule has 1 aromatic heterocycles. The highest BCUT2D eigenvalue weighted by atomic mass is 16.2. The fourth-order valence-corrected chi connectivity index (χ4v) is 2.95. The van der Waals surface area contributed by atoms with Crippen LogP contribution in [0.5, 0.6) is 0 Å². The minimum Gasteiger partial charge on any atom is -0.245 e. The second-order valence-electron chi connectivity index (χ2n) is 5.48. The Labute approximate surface area is 126 Å². The summed E-state index contributed by atoms with van der Waals surface area (Å²) in [6.07, 6.45) is 11.6. The first kappa shape index (κ1) is 15.6. The minimum absolute atomic E-state index is 0.0210. The minimum atomic E-state index is 0.0210. The summed E-state index contributed by atoms with van der Waals surface area (Å²) < 4.78 is 1.81. The van der Waals surface area contributed by atoms with Gasteiger partial charge in [-0.2, -0.15) is 4.48 Å². The van der Waals surface area contributed by atoms with E-state index in [9.17, 15) is 4.79 Å². The second kappa shape index (κ2) is 6.80. The van der Waals surface area contributed by atoms with Crippen molar-refractivity contribution in [3.63, 3.8) is 0 Å². The van der Waals surface area contributed by atoms with E-state index in [1.54, 1.807) is 23.3 Å². The van der Waals surface area contributed by atoms with Gasteiger partial charge in [0.2, 0.25) is 6.34 Å². The molecule has 1 aliphatic heterocycles. The van der Waals surface area contributed by atoms with Gasteiger partial charge in [-0.15, -0.1) is 0 Å². The molecule has 5 nitrogen and oxygen atoms in total. The van der Waals surface area contributed by atoms with E-state index in [2.05, 4.69) is 30.7 Å². The fourth-order valence-electron chi connectivity index (χ4n) is 2.95. The monoisotopic (exact) mass is 289 g/mol. The van der Waals surface area contributed by atoms with Crippen LogP contribution in [0.1, 0.15) is 52.9 Å².